The Kier molecular flexibility index (Phi) is 14.1. The number of aromatic nitrogens is 2. The molecule has 1 saturated heterocycles. The lowest BCUT2D eigenvalue weighted by molar-refractivity contribution is -0.124. The number of hydrogen-bond acceptors (Lipinski definition) is 10. The molecule has 2 aliphatic heterocycles. The minimum Gasteiger partial charge on any atom is -0.448 e. The van der Waals surface area contributed by atoms with Crippen LogP contribution in [0.2, 0.25) is 0 Å². The number of anilines is 1. The molecule has 1 aromatic heterocycles. The monoisotopic (exact) mass is 1070 g/mol. The summed E-state index contributed by atoms with van der Waals surface area (Å²) in [7, 11) is 0. The number of nitrogens with one attached hydrogen (secondary N) is 1. The molecule has 2 unspecified atom stereocenters. The van der Waals surface area contributed by atoms with Crippen molar-refractivity contribution in [3.63, 3.8) is 0 Å². The Labute approximate surface area is 420 Å². The molecule has 6 aromatic carbocycles. The Morgan fingerprint density at radius 3 is 1.69 bits per heavy atom. The van der Waals surface area contributed by atoms with Crippen LogP contribution in [-0.2, 0) is 32.2 Å². The lowest BCUT2D eigenvalue weighted by atomic mass is 9.98. The maximum Gasteiger partial charge on any atom is 0.410 e. The number of nitrogens with zero attached hydrogens (tertiary/aromatic N) is 4. The Hall–Kier alpha value is -7.30. The normalized spacial score (nSPS) is 16.4. The molecule has 11 rings (SSSR count). The molecule has 356 valence electrons. The first-order chi connectivity index (χ1) is 33.9. The summed E-state index contributed by atoms with van der Waals surface area (Å²) in [6.45, 7) is 5.86. The van der Waals surface area contributed by atoms with Gasteiger partial charge in [0, 0.05) is 33.9 Å². The predicted octanol–water partition coefficient (Wildman–Crippen LogP) is 9.63. The van der Waals surface area contributed by atoms with Gasteiger partial charge in [0.15, 0.2) is 5.75 Å². The van der Waals surface area contributed by atoms with Gasteiger partial charge in [0.2, 0.25) is 5.91 Å². The van der Waals surface area contributed by atoms with Crippen LogP contribution in [-0.4, -0.2) is 82.3 Å². The van der Waals surface area contributed by atoms with Crippen molar-refractivity contribution in [3.8, 4) is 28.0 Å². The second kappa shape index (κ2) is 20.7. The zero-order chi connectivity index (χ0) is 49.1. The molecule has 7 aromatic rings. The minimum atomic E-state index is -0.427. The van der Waals surface area contributed by atoms with Crippen LogP contribution in [0.25, 0.3) is 33.2 Å². The quantitative estimate of drug-likeness (QED) is 0.121. The number of fused-ring (bicyclic) bond motifs is 8. The fourth-order valence-corrected chi connectivity index (χ4v) is 10.2. The third-order valence-corrected chi connectivity index (χ3v) is 14.0. The van der Waals surface area contributed by atoms with E-state index in [9.17, 15) is 24.0 Å². The smallest absolute Gasteiger partial charge is 0.410 e. The number of nitrogen functional groups attached to an aromatic ring is 1. The Bertz CT molecular complexity index is 3130. The summed E-state index contributed by atoms with van der Waals surface area (Å²) in [5.41, 5.74) is 16.0. The van der Waals surface area contributed by atoms with Crippen molar-refractivity contribution in [2.24, 2.45) is 0 Å². The molecular weight excluding hydrogens is 1020 g/mol. The van der Waals surface area contributed by atoms with Crippen LogP contribution in [0.4, 0.5) is 15.3 Å². The maximum atomic E-state index is 13.2. The number of carbonyl (C=O) groups is 4. The lowest BCUT2D eigenvalue weighted by Crippen LogP contribution is -2.55. The molecule has 2 atom stereocenters. The largest absolute Gasteiger partial charge is 0.448 e. The molecular formula is C54H48Br2N6O8. The zero-order valence-corrected chi connectivity index (χ0v) is 41.4. The van der Waals surface area contributed by atoms with Gasteiger partial charge in [-0.2, -0.15) is 0 Å². The SMILES string of the molecule is CC1CNC(=O)CN1C(=O)OCC1c2ccccc2-c2ccccc21.CC1Cn2c(nc3cc(Br)ccc3c2=O)CN1C(=O)OCC1c2ccccc2-c2ccccc21.Nc1cc(Br)ccc1OC=O. The van der Waals surface area contributed by atoms with E-state index in [0.717, 1.165) is 8.95 Å². The van der Waals surface area contributed by atoms with Gasteiger partial charge in [0.1, 0.15) is 25.6 Å². The zero-order valence-electron chi connectivity index (χ0n) is 38.2. The van der Waals surface area contributed by atoms with Gasteiger partial charge in [-0.05, 0) is 94.8 Å². The summed E-state index contributed by atoms with van der Waals surface area (Å²) < 4.78 is 19.4. The summed E-state index contributed by atoms with van der Waals surface area (Å²) in [4.78, 5) is 68.0. The van der Waals surface area contributed by atoms with E-state index in [1.165, 1.54) is 49.4 Å². The number of hydrogen-bond donors (Lipinski definition) is 2. The highest BCUT2D eigenvalue weighted by Gasteiger charge is 2.35. The minimum absolute atomic E-state index is 0.00534. The van der Waals surface area contributed by atoms with Crippen molar-refractivity contribution in [3.05, 3.63) is 181 Å². The Morgan fingerprint density at radius 1 is 0.686 bits per heavy atom. The Balaban J connectivity index is 0.000000148. The molecule has 14 nitrogen and oxygen atoms in total. The predicted molar refractivity (Wildman–Crippen MR) is 273 cm³/mol. The molecule has 3 amide bonds. The van der Waals surface area contributed by atoms with Crippen LogP contribution < -0.4 is 21.3 Å². The van der Waals surface area contributed by atoms with Crippen LogP contribution in [0.3, 0.4) is 0 Å². The van der Waals surface area contributed by atoms with E-state index < -0.39 is 6.09 Å². The summed E-state index contributed by atoms with van der Waals surface area (Å²) in [6, 6.07) is 43.3. The van der Waals surface area contributed by atoms with Crippen LogP contribution in [0.15, 0.2) is 147 Å². The average molecular weight is 1070 g/mol. The third kappa shape index (κ3) is 9.78. The summed E-state index contributed by atoms with van der Waals surface area (Å²) >= 11 is 6.66. The summed E-state index contributed by atoms with van der Waals surface area (Å²) in [6.07, 6.45) is -0.812. The number of piperazine rings is 1. The van der Waals surface area contributed by atoms with Gasteiger partial charge in [-0.3, -0.25) is 28.8 Å². The number of carbonyl (C=O) groups excluding carboxylic acids is 4. The number of amides is 3. The highest BCUT2D eigenvalue weighted by Crippen LogP contribution is 2.46. The van der Waals surface area contributed by atoms with E-state index in [0.29, 0.717) is 47.7 Å². The van der Waals surface area contributed by atoms with Gasteiger partial charge in [-0.15, -0.1) is 0 Å². The van der Waals surface area contributed by atoms with Gasteiger partial charge in [-0.1, -0.05) is 129 Å². The van der Waals surface area contributed by atoms with Gasteiger partial charge in [0.25, 0.3) is 12.0 Å². The molecule has 4 aliphatic rings. The topological polar surface area (TPSA) is 175 Å². The standard InChI is InChI=1S/C27H22BrN3O3.C20H20N2O3.C7H6BrNO2/c1-16-13-31-25(29-24-12-17(28)10-11-22(24)26(31)32)14-30(16)27(33)34-15-23-20-8-4-2-6-18(20)19-7-3-5-9-21(19)23;1-13-10-21-19(23)11-22(13)20(24)25-12-18-16-8-4-2-6-14(16)15-7-3-5-9-17(15)18;8-5-1-2-7(11-4-10)6(9)3-5/h2-12,16,23H,13-15H2,1H3;2-9,13,18H,10-12H2,1H3,(H,21,23);1-4H,9H2. The molecule has 3 N–H and O–H groups in total. The molecule has 70 heavy (non-hydrogen) atoms. The second-order valence-corrected chi connectivity index (χ2v) is 19.2. The van der Waals surface area contributed by atoms with Crippen molar-refractivity contribution >= 4 is 73.0 Å². The lowest BCUT2D eigenvalue weighted by Gasteiger charge is -2.34. The van der Waals surface area contributed by atoms with E-state index in [2.05, 4.69) is 95.4 Å². The van der Waals surface area contributed by atoms with Gasteiger partial charge >= 0.3 is 12.2 Å². The third-order valence-electron chi connectivity index (χ3n) is 13.0. The van der Waals surface area contributed by atoms with E-state index in [4.69, 9.17) is 15.2 Å². The maximum absolute atomic E-state index is 13.2. The van der Waals surface area contributed by atoms with E-state index in [-0.39, 0.29) is 67.8 Å². The van der Waals surface area contributed by atoms with Crippen molar-refractivity contribution in [2.75, 3.05) is 32.0 Å². The number of nitrogens with two attached hydrogens (primary N) is 1. The van der Waals surface area contributed by atoms with Crippen LogP contribution >= 0.6 is 31.9 Å². The van der Waals surface area contributed by atoms with Crippen LogP contribution in [0.1, 0.15) is 53.8 Å². The molecule has 1 fully saturated rings. The molecule has 16 heteroatoms. The number of rotatable bonds is 6. The second-order valence-electron chi connectivity index (χ2n) is 17.4. The van der Waals surface area contributed by atoms with Crippen LogP contribution in [0, 0.1) is 0 Å². The molecule has 0 spiro atoms. The highest BCUT2D eigenvalue weighted by atomic mass is 79.9. The number of ether oxygens (including phenoxy) is 3. The summed E-state index contributed by atoms with van der Waals surface area (Å²) in [5, 5.41) is 3.33. The number of halogens is 2. The average Bonchev–Trinajstić information content (AvgIpc) is 3.86. The highest BCUT2D eigenvalue weighted by molar-refractivity contribution is 9.10. The van der Waals surface area contributed by atoms with Crippen molar-refractivity contribution in [1.29, 1.82) is 0 Å². The molecule has 2 aliphatic carbocycles. The first kappa shape index (κ1) is 47.8. The summed E-state index contributed by atoms with van der Waals surface area (Å²) in [5.74, 6) is 0.841. The van der Waals surface area contributed by atoms with Gasteiger partial charge in [0.05, 0.1) is 35.2 Å². The van der Waals surface area contributed by atoms with Crippen molar-refractivity contribution in [1.82, 2.24) is 24.7 Å². The Morgan fingerprint density at radius 2 is 1.17 bits per heavy atom. The van der Waals surface area contributed by atoms with Gasteiger partial charge in [-0.25, -0.2) is 14.6 Å². The molecule has 0 radical (unpaired) electrons. The van der Waals surface area contributed by atoms with Crippen LogP contribution in [0.5, 0.6) is 5.75 Å². The fraction of sp³-hybridized carbons (Fsp3) is 0.222. The van der Waals surface area contributed by atoms with Gasteiger partial charge < -0.3 is 25.3 Å². The van der Waals surface area contributed by atoms with Crippen molar-refractivity contribution in [2.45, 2.75) is 50.9 Å². The first-order valence-electron chi connectivity index (χ1n) is 22.7. The van der Waals surface area contributed by atoms with E-state index >= 15 is 0 Å². The fourth-order valence-electron chi connectivity index (χ4n) is 9.48. The van der Waals surface area contributed by atoms with E-state index in [1.54, 1.807) is 33.7 Å². The molecule has 0 bridgehead atoms. The van der Waals surface area contributed by atoms with Crippen molar-refractivity contribution < 1.29 is 33.4 Å². The first-order valence-corrected chi connectivity index (χ1v) is 24.3. The van der Waals surface area contributed by atoms with E-state index in [1.807, 2.05) is 74.5 Å². The molecule has 3 heterocycles. The number of benzene rings is 6. The molecule has 0 saturated carbocycles.